The molecule has 0 bridgehead atoms. The van der Waals surface area contributed by atoms with Crippen LogP contribution < -0.4 is 10.5 Å². The first-order chi connectivity index (χ1) is 7.79. The average Bonchev–Trinajstić information content (AvgIpc) is 2.33. The summed E-state index contributed by atoms with van der Waals surface area (Å²) in [5, 5.41) is 9.77. The van der Waals surface area contributed by atoms with Gasteiger partial charge in [-0.3, -0.25) is 0 Å². The molecule has 0 aromatic heterocycles. The molecule has 3 nitrogen and oxygen atoms in total. The fourth-order valence-corrected chi connectivity index (χ4v) is 2.15. The maximum absolute atomic E-state index is 9.77. The topological polar surface area (TPSA) is 55.5 Å². The van der Waals surface area contributed by atoms with Crippen LogP contribution in [0.4, 0.5) is 0 Å². The van der Waals surface area contributed by atoms with E-state index < -0.39 is 0 Å². The molecule has 2 rings (SSSR count). The minimum atomic E-state index is 0.202. The van der Waals surface area contributed by atoms with E-state index in [1.165, 1.54) is 19.3 Å². The second-order valence-electron chi connectivity index (χ2n) is 4.38. The van der Waals surface area contributed by atoms with Gasteiger partial charge in [-0.05, 0) is 43.4 Å². The number of nitrogens with two attached hydrogens (primary N) is 1. The third kappa shape index (κ3) is 2.67. The normalized spacial score (nSPS) is 17.3. The van der Waals surface area contributed by atoms with Gasteiger partial charge in [0.25, 0.3) is 0 Å². The predicted octanol–water partition coefficient (Wildman–Crippen LogP) is 2.56. The number of aromatic hydroxyl groups is 1. The first-order valence-electron chi connectivity index (χ1n) is 5.98. The van der Waals surface area contributed by atoms with Gasteiger partial charge in [0, 0.05) is 6.54 Å². The molecule has 0 aliphatic heterocycles. The minimum absolute atomic E-state index is 0.202. The van der Waals surface area contributed by atoms with Crippen LogP contribution in [0.1, 0.15) is 37.7 Å². The second-order valence-corrected chi connectivity index (χ2v) is 4.38. The van der Waals surface area contributed by atoms with Crippen molar-refractivity contribution in [2.24, 2.45) is 5.73 Å². The van der Waals surface area contributed by atoms with Gasteiger partial charge in [0.05, 0.1) is 6.10 Å². The molecule has 1 aromatic carbocycles. The van der Waals surface area contributed by atoms with Gasteiger partial charge >= 0.3 is 0 Å². The van der Waals surface area contributed by atoms with E-state index >= 15 is 0 Å². The molecule has 16 heavy (non-hydrogen) atoms. The van der Waals surface area contributed by atoms with Crippen LogP contribution in [-0.2, 0) is 6.54 Å². The summed E-state index contributed by atoms with van der Waals surface area (Å²) in [5.41, 5.74) is 6.43. The molecule has 1 fully saturated rings. The summed E-state index contributed by atoms with van der Waals surface area (Å²) >= 11 is 0. The number of phenolic OH excluding ortho intramolecular Hbond substituents is 1. The van der Waals surface area contributed by atoms with E-state index in [0.29, 0.717) is 12.3 Å². The Morgan fingerprint density at radius 3 is 2.62 bits per heavy atom. The number of benzene rings is 1. The van der Waals surface area contributed by atoms with Crippen LogP contribution in [0.3, 0.4) is 0 Å². The maximum atomic E-state index is 9.77. The van der Waals surface area contributed by atoms with Crippen LogP contribution in [0, 0.1) is 0 Å². The van der Waals surface area contributed by atoms with Crippen LogP contribution in [0.5, 0.6) is 11.5 Å². The quantitative estimate of drug-likeness (QED) is 0.824. The summed E-state index contributed by atoms with van der Waals surface area (Å²) in [7, 11) is 0. The number of hydrogen-bond donors (Lipinski definition) is 2. The Bertz CT molecular complexity index is 346. The van der Waals surface area contributed by atoms with E-state index in [2.05, 4.69) is 0 Å². The first-order valence-corrected chi connectivity index (χ1v) is 5.98. The summed E-state index contributed by atoms with van der Waals surface area (Å²) in [5.74, 6) is 0.789. The fraction of sp³-hybridized carbons (Fsp3) is 0.538. The highest BCUT2D eigenvalue weighted by Crippen LogP contribution is 2.30. The van der Waals surface area contributed by atoms with Crippen molar-refractivity contribution in [2.75, 3.05) is 0 Å². The van der Waals surface area contributed by atoms with E-state index in [-0.39, 0.29) is 11.9 Å². The van der Waals surface area contributed by atoms with Gasteiger partial charge in [-0.15, -0.1) is 0 Å². The predicted molar refractivity (Wildman–Crippen MR) is 63.5 cm³/mol. The molecule has 1 aromatic rings. The number of rotatable bonds is 3. The van der Waals surface area contributed by atoms with Crippen LogP contribution in [0.2, 0.25) is 0 Å². The molecular formula is C13H19NO2. The number of ether oxygens (including phenoxy) is 1. The number of phenols is 1. The van der Waals surface area contributed by atoms with Gasteiger partial charge in [-0.1, -0.05) is 12.5 Å². The molecule has 3 heteroatoms. The lowest BCUT2D eigenvalue weighted by molar-refractivity contribution is 0.150. The van der Waals surface area contributed by atoms with Crippen LogP contribution in [-0.4, -0.2) is 11.2 Å². The molecular weight excluding hydrogens is 202 g/mol. The van der Waals surface area contributed by atoms with Gasteiger partial charge in [0.15, 0.2) is 11.5 Å². The third-order valence-electron chi connectivity index (χ3n) is 3.10. The maximum Gasteiger partial charge on any atom is 0.161 e. The molecule has 88 valence electrons. The fourth-order valence-electron chi connectivity index (χ4n) is 2.15. The van der Waals surface area contributed by atoms with E-state index in [4.69, 9.17) is 10.5 Å². The van der Waals surface area contributed by atoms with Gasteiger partial charge < -0.3 is 15.6 Å². The zero-order chi connectivity index (χ0) is 11.4. The Labute approximate surface area is 96.2 Å². The second kappa shape index (κ2) is 5.21. The van der Waals surface area contributed by atoms with Gasteiger partial charge in [-0.25, -0.2) is 0 Å². The smallest absolute Gasteiger partial charge is 0.161 e. The van der Waals surface area contributed by atoms with Gasteiger partial charge in [0.2, 0.25) is 0 Å². The van der Waals surface area contributed by atoms with Crippen molar-refractivity contribution in [1.82, 2.24) is 0 Å². The highest BCUT2D eigenvalue weighted by atomic mass is 16.5. The van der Waals surface area contributed by atoms with Crippen LogP contribution >= 0.6 is 0 Å². The average molecular weight is 221 g/mol. The SMILES string of the molecule is NCc1ccc(OC2CCCCC2)c(O)c1. The molecule has 0 spiro atoms. The van der Waals surface area contributed by atoms with Crippen molar-refractivity contribution in [3.05, 3.63) is 23.8 Å². The van der Waals surface area contributed by atoms with Crippen LogP contribution in [0.15, 0.2) is 18.2 Å². The zero-order valence-corrected chi connectivity index (χ0v) is 9.48. The van der Waals surface area contributed by atoms with Crippen molar-refractivity contribution in [1.29, 1.82) is 0 Å². The monoisotopic (exact) mass is 221 g/mol. The highest BCUT2D eigenvalue weighted by Gasteiger charge is 2.16. The Morgan fingerprint density at radius 1 is 1.25 bits per heavy atom. The molecule has 0 radical (unpaired) electrons. The lowest BCUT2D eigenvalue weighted by atomic mass is 9.98. The molecule has 0 unspecified atom stereocenters. The minimum Gasteiger partial charge on any atom is -0.504 e. The summed E-state index contributed by atoms with van der Waals surface area (Å²) in [4.78, 5) is 0. The molecule has 1 saturated carbocycles. The summed E-state index contributed by atoms with van der Waals surface area (Å²) in [6.45, 7) is 0.442. The summed E-state index contributed by atoms with van der Waals surface area (Å²) in [6, 6.07) is 5.39. The highest BCUT2D eigenvalue weighted by molar-refractivity contribution is 5.41. The molecule has 1 aliphatic rings. The Balaban J connectivity index is 2.03. The molecule has 0 saturated heterocycles. The van der Waals surface area contributed by atoms with Crippen LogP contribution in [0.25, 0.3) is 0 Å². The number of hydrogen-bond acceptors (Lipinski definition) is 3. The molecule has 1 aliphatic carbocycles. The third-order valence-corrected chi connectivity index (χ3v) is 3.10. The molecule has 0 heterocycles. The largest absolute Gasteiger partial charge is 0.504 e. The van der Waals surface area contributed by atoms with Crippen molar-refractivity contribution >= 4 is 0 Å². The Morgan fingerprint density at radius 2 is 2.00 bits per heavy atom. The van der Waals surface area contributed by atoms with Crippen molar-refractivity contribution in [2.45, 2.75) is 44.8 Å². The van der Waals surface area contributed by atoms with Gasteiger partial charge in [-0.2, -0.15) is 0 Å². The van der Waals surface area contributed by atoms with Crippen molar-refractivity contribution in [3.8, 4) is 11.5 Å². The zero-order valence-electron chi connectivity index (χ0n) is 9.48. The van der Waals surface area contributed by atoms with E-state index in [1.807, 2.05) is 12.1 Å². The molecule has 0 atom stereocenters. The molecule has 3 N–H and O–H groups in total. The van der Waals surface area contributed by atoms with Crippen molar-refractivity contribution < 1.29 is 9.84 Å². The summed E-state index contributed by atoms with van der Waals surface area (Å²) < 4.78 is 5.79. The van der Waals surface area contributed by atoms with Gasteiger partial charge in [0.1, 0.15) is 0 Å². The Kier molecular flexibility index (Phi) is 3.67. The van der Waals surface area contributed by atoms with E-state index in [9.17, 15) is 5.11 Å². The summed E-state index contributed by atoms with van der Waals surface area (Å²) in [6.07, 6.45) is 6.22. The van der Waals surface area contributed by atoms with Crippen molar-refractivity contribution in [3.63, 3.8) is 0 Å². The lowest BCUT2D eigenvalue weighted by Crippen LogP contribution is -2.19. The first kappa shape index (κ1) is 11.3. The Hall–Kier alpha value is -1.22. The van der Waals surface area contributed by atoms with E-state index in [1.54, 1.807) is 6.07 Å². The van der Waals surface area contributed by atoms with E-state index in [0.717, 1.165) is 18.4 Å². The standard InChI is InChI=1S/C13H19NO2/c14-9-10-6-7-13(12(15)8-10)16-11-4-2-1-3-5-11/h6-8,11,15H,1-5,9,14H2. The molecule has 0 amide bonds. The lowest BCUT2D eigenvalue weighted by Gasteiger charge is -2.23.